The van der Waals surface area contributed by atoms with Crippen molar-refractivity contribution in [1.82, 2.24) is 20.1 Å². The van der Waals surface area contributed by atoms with Crippen molar-refractivity contribution in [3.63, 3.8) is 0 Å². The summed E-state index contributed by atoms with van der Waals surface area (Å²) in [7, 11) is 1.64. The molecular formula is C28H31F3N4O4. The molecule has 0 bridgehead atoms. The summed E-state index contributed by atoms with van der Waals surface area (Å²) < 4.78 is 45.4. The Bertz CT molecular complexity index is 1450. The van der Waals surface area contributed by atoms with Crippen molar-refractivity contribution >= 4 is 22.7 Å². The molecule has 2 heterocycles. The number of aliphatic hydroxyl groups is 1. The van der Waals surface area contributed by atoms with E-state index < -0.39 is 23.1 Å². The second-order valence-electron chi connectivity index (χ2n) is 10.5. The van der Waals surface area contributed by atoms with Crippen LogP contribution in [0.5, 0.6) is 0 Å². The van der Waals surface area contributed by atoms with Gasteiger partial charge in [-0.15, -0.1) is 0 Å². The zero-order valence-electron chi connectivity index (χ0n) is 21.6. The molecule has 1 amide bonds. The van der Waals surface area contributed by atoms with Crippen molar-refractivity contribution < 1.29 is 27.5 Å². The van der Waals surface area contributed by atoms with Crippen LogP contribution in [0.25, 0.3) is 16.8 Å². The van der Waals surface area contributed by atoms with Crippen LogP contribution in [-0.4, -0.2) is 52.2 Å². The van der Waals surface area contributed by atoms with E-state index in [0.29, 0.717) is 43.1 Å². The van der Waals surface area contributed by atoms with Crippen LogP contribution >= 0.6 is 0 Å². The van der Waals surface area contributed by atoms with Gasteiger partial charge in [0.05, 0.1) is 29.3 Å². The standard InChI is InChI=1S/C28H31F3N4O4/c1-17(18-4-3-5-20(12-18)28(29,30)31)32-14-25(36)33-21-15-35(16-21)22-8-10-27(38,11-9-22)19-6-7-24-23(13-19)34(2)26(37)39-24/h3-7,12-13,21-22,32,38H,1,8-11,14-16H2,2H3,(H,33,36). The third kappa shape index (κ3) is 5.60. The van der Waals surface area contributed by atoms with Gasteiger partial charge in [-0.3, -0.25) is 14.3 Å². The van der Waals surface area contributed by atoms with E-state index in [0.717, 1.165) is 30.5 Å². The van der Waals surface area contributed by atoms with E-state index in [1.165, 1.54) is 16.7 Å². The first-order chi connectivity index (χ1) is 18.4. The number of likely N-dealkylation sites (tertiary alicyclic amines) is 1. The molecule has 3 aromatic rings. The number of aromatic nitrogens is 1. The van der Waals surface area contributed by atoms with Gasteiger partial charge in [0, 0.05) is 31.9 Å². The first kappa shape index (κ1) is 27.0. The van der Waals surface area contributed by atoms with Gasteiger partial charge >= 0.3 is 11.9 Å². The van der Waals surface area contributed by atoms with Crippen LogP contribution in [-0.2, 0) is 23.6 Å². The Morgan fingerprint density at radius 1 is 1.18 bits per heavy atom. The largest absolute Gasteiger partial charge is 0.419 e. The number of alkyl halides is 3. The number of halogens is 3. The van der Waals surface area contributed by atoms with Crippen molar-refractivity contribution in [2.24, 2.45) is 7.05 Å². The molecule has 3 N–H and O–H groups in total. The monoisotopic (exact) mass is 544 g/mol. The third-order valence-corrected chi connectivity index (χ3v) is 7.90. The maximum absolute atomic E-state index is 12.9. The summed E-state index contributed by atoms with van der Waals surface area (Å²) in [5.41, 5.74) is 0.708. The number of carbonyl (C=O) groups is 1. The molecule has 1 saturated carbocycles. The van der Waals surface area contributed by atoms with Gasteiger partial charge in [-0.1, -0.05) is 24.8 Å². The SMILES string of the molecule is C=C(NCC(=O)NC1CN(C2CCC(O)(c3ccc4oc(=O)n(C)c4c3)CC2)C1)c1cccc(C(F)(F)F)c1. The minimum absolute atomic E-state index is 0.00767. The predicted octanol–water partition coefficient (Wildman–Crippen LogP) is 3.34. The number of hydrogen-bond donors (Lipinski definition) is 3. The topological polar surface area (TPSA) is 99.7 Å². The summed E-state index contributed by atoms with van der Waals surface area (Å²) in [6.07, 6.45) is -1.67. The number of benzene rings is 2. The second kappa shape index (κ2) is 10.2. The van der Waals surface area contributed by atoms with Gasteiger partial charge in [0.15, 0.2) is 5.58 Å². The zero-order valence-corrected chi connectivity index (χ0v) is 21.6. The second-order valence-corrected chi connectivity index (χ2v) is 10.5. The molecule has 5 rings (SSSR count). The molecule has 0 spiro atoms. The normalized spacial score (nSPS) is 22.4. The highest BCUT2D eigenvalue weighted by atomic mass is 19.4. The number of rotatable bonds is 7. The fourth-order valence-corrected chi connectivity index (χ4v) is 5.50. The number of hydrogen-bond acceptors (Lipinski definition) is 6. The minimum atomic E-state index is -4.45. The van der Waals surface area contributed by atoms with Crippen LogP contribution in [0.4, 0.5) is 13.2 Å². The number of nitrogens with one attached hydrogen (secondary N) is 2. The van der Waals surface area contributed by atoms with Gasteiger partial charge in [-0.2, -0.15) is 13.2 Å². The molecule has 0 unspecified atom stereocenters. The maximum Gasteiger partial charge on any atom is 0.419 e. The summed E-state index contributed by atoms with van der Waals surface area (Å²) >= 11 is 0. The van der Waals surface area contributed by atoms with E-state index in [1.54, 1.807) is 13.1 Å². The molecule has 2 aromatic carbocycles. The lowest BCUT2D eigenvalue weighted by Gasteiger charge is -2.48. The molecule has 8 nitrogen and oxygen atoms in total. The molecule has 1 aromatic heterocycles. The number of amides is 1. The minimum Gasteiger partial charge on any atom is -0.408 e. The Labute approximate surface area is 223 Å². The van der Waals surface area contributed by atoms with Gasteiger partial charge in [-0.25, -0.2) is 4.79 Å². The van der Waals surface area contributed by atoms with E-state index >= 15 is 0 Å². The smallest absolute Gasteiger partial charge is 0.408 e. The van der Waals surface area contributed by atoms with E-state index in [2.05, 4.69) is 22.1 Å². The summed E-state index contributed by atoms with van der Waals surface area (Å²) in [4.78, 5) is 26.5. The van der Waals surface area contributed by atoms with Crippen molar-refractivity contribution in [3.05, 3.63) is 76.3 Å². The molecular weight excluding hydrogens is 513 g/mol. The number of aryl methyl sites for hydroxylation is 1. The highest BCUT2D eigenvalue weighted by Crippen LogP contribution is 2.40. The van der Waals surface area contributed by atoms with Crippen LogP contribution in [0.1, 0.15) is 42.4 Å². The number of carbonyl (C=O) groups excluding carboxylic acids is 1. The van der Waals surface area contributed by atoms with Crippen LogP contribution in [0.3, 0.4) is 0 Å². The van der Waals surface area contributed by atoms with E-state index in [1.807, 2.05) is 12.1 Å². The molecule has 2 fully saturated rings. The first-order valence-corrected chi connectivity index (χ1v) is 12.9. The Hall–Kier alpha value is -3.57. The van der Waals surface area contributed by atoms with Crippen molar-refractivity contribution in [2.45, 2.75) is 49.5 Å². The lowest BCUT2D eigenvalue weighted by atomic mass is 9.76. The fourth-order valence-electron chi connectivity index (χ4n) is 5.50. The molecule has 1 aliphatic carbocycles. The van der Waals surface area contributed by atoms with E-state index in [-0.39, 0.29) is 29.8 Å². The molecule has 39 heavy (non-hydrogen) atoms. The highest BCUT2D eigenvalue weighted by Gasteiger charge is 2.40. The first-order valence-electron chi connectivity index (χ1n) is 12.9. The summed E-state index contributed by atoms with van der Waals surface area (Å²) in [6.45, 7) is 5.07. The Morgan fingerprint density at radius 3 is 2.59 bits per heavy atom. The van der Waals surface area contributed by atoms with Gasteiger partial charge in [0.25, 0.3) is 0 Å². The molecule has 1 saturated heterocycles. The number of nitrogens with zero attached hydrogens (tertiary/aromatic N) is 2. The fraction of sp³-hybridized carbons (Fsp3) is 0.429. The van der Waals surface area contributed by atoms with Gasteiger partial charge in [0.1, 0.15) is 0 Å². The van der Waals surface area contributed by atoms with Crippen molar-refractivity contribution in [3.8, 4) is 0 Å². The average molecular weight is 545 g/mol. The van der Waals surface area contributed by atoms with Gasteiger partial charge in [0.2, 0.25) is 5.91 Å². The number of oxazole rings is 1. The zero-order chi connectivity index (χ0) is 27.9. The predicted molar refractivity (Wildman–Crippen MR) is 140 cm³/mol. The summed E-state index contributed by atoms with van der Waals surface area (Å²) in [5.74, 6) is -0.691. The maximum atomic E-state index is 12.9. The summed E-state index contributed by atoms with van der Waals surface area (Å²) in [6, 6.07) is 10.5. The van der Waals surface area contributed by atoms with Crippen LogP contribution in [0, 0.1) is 0 Å². The average Bonchev–Trinajstić information content (AvgIpc) is 3.17. The van der Waals surface area contributed by atoms with Gasteiger partial charge < -0.3 is 20.2 Å². The quantitative estimate of drug-likeness (QED) is 0.422. The van der Waals surface area contributed by atoms with E-state index in [9.17, 15) is 27.9 Å². The van der Waals surface area contributed by atoms with Crippen molar-refractivity contribution in [1.29, 1.82) is 0 Å². The van der Waals surface area contributed by atoms with Crippen LogP contribution < -0.4 is 16.4 Å². The Kier molecular flexibility index (Phi) is 7.06. The summed E-state index contributed by atoms with van der Waals surface area (Å²) in [5, 5.41) is 17.1. The lowest BCUT2D eigenvalue weighted by Crippen LogP contribution is -2.63. The number of fused-ring (bicyclic) bond motifs is 1. The molecule has 0 atom stereocenters. The van der Waals surface area contributed by atoms with Crippen LogP contribution in [0.15, 0.2) is 58.3 Å². The highest BCUT2D eigenvalue weighted by molar-refractivity contribution is 5.80. The Balaban J connectivity index is 1.06. The Morgan fingerprint density at radius 2 is 1.90 bits per heavy atom. The molecule has 1 aliphatic heterocycles. The van der Waals surface area contributed by atoms with E-state index in [4.69, 9.17) is 4.42 Å². The molecule has 208 valence electrons. The molecule has 0 radical (unpaired) electrons. The third-order valence-electron chi connectivity index (χ3n) is 7.90. The van der Waals surface area contributed by atoms with Crippen molar-refractivity contribution in [2.75, 3.05) is 19.6 Å². The molecule has 11 heteroatoms. The van der Waals surface area contributed by atoms with Crippen LogP contribution in [0.2, 0.25) is 0 Å². The molecule has 2 aliphatic rings. The lowest BCUT2D eigenvalue weighted by molar-refractivity contribution is -0.137. The van der Waals surface area contributed by atoms with Gasteiger partial charge in [-0.05, 0) is 61.1 Å².